The molecule has 14 heavy (non-hydrogen) atoms. The molecule has 1 aromatic heterocycles. The van der Waals surface area contributed by atoms with Crippen molar-refractivity contribution in [3.8, 4) is 0 Å². The third-order valence-electron chi connectivity index (χ3n) is 1.44. The van der Waals surface area contributed by atoms with Crippen LogP contribution in [0.5, 0.6) is 0 Å². The molecular weight excluding hydrogens is 256 g/mol. The van der Waals surface area contributed by atoms with Gasteiger partial charge in [-0.25, -0.2) is 9.78 Å². The summed E-state index contributed by atoms with van der Waals surface area (Å²) >= 11 is 2.96. The summed E-state index contributed by atoms with van der Waals surface area (Å²) in [6, 6.07) is 1.38. The summed E-state index contributed by atoms with van der Waals surface area (Å²) in [4.78, 5) is 24.6. The Morgan fingerprint density at radius 3 is 2.86 bits per heavy atom. The minimum Gasteiger partial charge on any atom is -0.464 e. The Labute approximate surface area is 87.2 Å². The average molecular weight is 261 g/mol. The number of carbonyl (C=O) groups excluding carboxylic acids is 1. The number of ether oxygens (including phenoxy) is 1. The number of methoxy groups -OCH3 is 1. The molecule has 1 heterocycles. The van der Waals surface area contributed by atoms with Gasteiger partial charge in [-0.15, -0.1) is 0 Å². The highest BCUT2D eigenvalue weighted by Crippen LogP contribution is 2.27. The summed E-state index contributed by atoms with van der Waals surface area (Å²) in [5.74, 6) is -0.835. The largest absolute Gasteiger partial charge is 0.464 e. The van der Waals surface area contributed by atoms with E-state index in [0.29, 0.717) is 0 Å². The minimum atomic E-state index is -0.835. The zero-order valence-electron chi connectivity index (χ0n) is 7.06. The molecule has 0 atom stereocenters. The molecule has 0 spiro atoms. The molecule has 0 saturated heterocycles. The predicted molar refractivity (Wildman–Crippen MR) is 49.9 cm³/mol. The van der Waals surface area contributed by atoms with Crippen molar-refractivity contribution < 1.29 is 14.5 Å². The van der Waals surface area contributed by atoms with Crippen LogP contribution in [0.25, 0.3) is 0 Å². The Kier molecular flexibility index (Phi) is 3.13. The van der Waals surface area contributed by atoms with E-state index in [1.54, 1.807) is 0 Å². The van der Waals surface area contributed by atoms with Gasteiger partial charge in [-0.3, -0.25) is 10.1 Å². The third-order valence-corrected chi connectivity index (χ3v) is 2.08. The van der Waals surface area contributed by atoms with E-state index in [0.717, 1.165) is 7.11 Å². The summed E-state index contributed by atoms with van der Waals surface area (Å²) in [7, 11) is 1.13. The molecule has 74 valence electrons. The summed E-state index contributed by atoms with van der Waals surface area (Å²) in [5.41, 5.74) is -0.703. The molecule has 0 unspecified atom stereocenters. The van der Waals surface area contributed by atoms with Crippen LogP contribution in [-0.2, 0) is 4.74 Å². The highest BCUT2D eigenvalue weighted by Gasteiger charge is 2.25. The van der Waals surface area contributed by atoms with Gasteiger partial charge in [0.05, 0.1) is 16.5 Å². The summed E-state index contributed by atoms with van der Waals surface area (Å²) in [6.45, 7) is 0. The van der Waals surface area contributed by atoms with Crippen molar-refractivity contribution in [1.82, 2.24) is 4.98 Å². The number of pyridine rings is 1. The minimum absolute atomic E-state index is 0.193. The van der Waals surface area contributed by atoms with Crippen LogP contribution in [-0.4, -0.2) is 23.0 Å². The van der Waals surface area contributed by atoms with Crippen molar-refractivity contribution in [1.29, 1.82) is 0 Å². The van der Waals surface area contributed by atoms with Gasteiger partial charge in [0.25, 0.3) is 0 Å². The number of nitro groups is 1. The fraction of sp³-hybridized carbons (Fsp3) is 0.143. The molecule has 0 aromatic carbocycles. The molecule has 0 N–H and O–H groups in total. The van der Waals surface area contributed by atoms with E-state index >= 15 is 0 Å². The lowest BCUT2D eigenvalue weighted by Crippen LogP contribution is -2.08. The van der Waals surface area contributed by atoms with E-state index in [1.165, 1.54) is 12.3 Å². The van der Waals surface area contributed by atoms with E-state index in [2.05, 4.69) is 25.7 Å². The van der Waals surface area contributed by atoms with Crippen molar-refractivity contribution in [3.05, 3.63) is 32.5 Å². The number of hydrogen-bond acceptors (Lipinski definition) is 5. The van der Waals surface area contributed by atoms with Crippen molar-refractivity contribution in [3.63, 3.8) is 0 Å². The van der Waals surface area contributed by atoms with Gasteiger partial charge in [-0.05, 0) is 22.0 Å². The van der Waals surface area contributed by atoms with E-state index in [9.17, 15) is 14.9 Å². The first-order valence-electron chi connectivity index (χ1n) is 3.45. The first-order valence-corrected chi connectivity index (χ1v) is 4.24. The molecule has 0 aliphatic carbocycles. The lowest BCUT2D eigenvalue weighted by molar-refractivity contribution is -0.386. The maximum atomic E-state index is 11.1. The van der Waals surface area contributed by atoms with E-state index < -0.39 is 10.9 Å². The van der Waals surface area contributed by atoms with Crippen LogP contribution in [0, 0.1) is 10.1 Å². The molecule has 0 bridgehead atoms. The van der Waals surface area contributed by atoms with Crippen LogP contribution in [0.3, 0.4) is 0 Å². The molecule has 0 fully saturated rings. The molecule has 7 heteroatoms. The third kappa shape index (κ3) is 1.87. The smallest absolute Gasteiger partial charge is 0.363 e. The number of halogens is 1. The maximum Gasteiger partial charge on any atom is 0.363 e. The summed E-state index contributed by atoms with van der Waals surface area (Å²) in [5, 5.41) is 10.6. The molecule has 0 radical (unpaired) electrons. The van der Waals surface area contributed by atoms with Crippen molar-refractivity contribution in [2.24, 2.45) is 0 Å². The first-order chi connectivity index (χ1) is 6.57. The Bertz CT molecular complexity index is 393. The first kappa shape index (κ1) is 10.6. The van der Waals surface area contributed by atoms with Crippen molar-refractivity contribution in [2.75, 3.05) is 7.11 Å². The standard InChI is InChI=1S/C7H5BrN2O4/c1-14-7(11)5-6(10(12)13)4(8)2-3-9-5/h2-3H,1H3. The predicted octanol–water partition coefficient (Wildman–Crippen LogP) is 1.54. The van der Waals surface area contributed by atoms with Gasteiger partial charge >= 0.3 is 11.7 Å². The maximum absolute atomic E-state index is 11.1. The lowest BCUT2D eigenvalue weighted by atomic mass is 10.3. The van der Waals surface area contributed by atoms with Gasteiger partial charge in [0, 0.05) is 6.20 Å². The van der Waals surface area contributed by atoms with Crippen molar-refractivity contribution in [2.45, 2.75) is 0 Å². The molecule has 0 aliphatic rings. The summed E-state index contributed by atoms with van der Waals surface area (Å²) < 4.78 is 4.55. The molecular formula is C7H5BrN2O4. The molecule has 0 amide bonds. The SMILES string of the molecule is COC(=O)c1nccc(Br)c1[N+](=O)[O-]. The van der Waals surface area contributed by atoms with Gasteiger partial charge in [0.1, 0.15) is 0 Å². The van der Waals surface area contributed by atoms with E-state index in [4.69, 9.17) is 0 Å². The van der Waals surface area contributed by atoms with Crippen LogP contribution < -0.4 is 0 Å². The molecule has 6 nitrogen and oxygen atoms in total. The fourth-order valence-corrected chi connectivity index (χ4v) is 1.30. The monoisotopic (exact) mass is 260 g/mol. The lowest BCUT2D eigenvalue weighted by Gasteiger charge is -2.00. The second-order valence-electron chi connectivity index (χ2n) is 2.24. The second kappa shape index (κ2) is 4.14. The Morgan fingerprint density at radius 2 is 2.36 bits per heavy atom. The molecule has 0 aliphatic heterocycles. The normalized spacial score (nSPS) is 9.57. The van der Waals surface area contributed by atoms with E-state index in [-0.39, 0.29) is 15.9 Å². The zero-order chi connectivity index (χ0) is 10.7. The molecule has 1 aromatic rings. The number of carbonyl (C=O) groups is 1. The van der Waals surface area contributed by atoms with Gasteiger partial charge in [0.15, 0.2) is 0 Å². The van der Waals surface area contributed by atoms with Gasteiger partial charge < -0.3 is 4.74 Å². The highest BCUT2D eigenvalue weighted by atomic mass is 79.9. The quantitative estimate of drug-likeness (QED) is 0.458. The molecule has 1 rings (SSSR count). The van der Waals surface area contributed by atoms with Gasteiger partial charge in [-0.1, -0.05) is 0 Å². The van der Waals surface area contributed by atoms with Crippen molar-refractivity contribution >= 4 is 27.6 Å². The van der Waals surface area contributed by atoms with Crippen LogP contribution in [0.2, 0.25) is 0 Å². The van der Waals surface area contributed by atoms with Crippen LogP contribution in [0.1, 0.15) is 10.5 Å². The number of esters is 1. The summed E-state index contributed by atoms with van der Waals surface area (Å²) in [6.07, 6.45) is 1.28. The highest BCUT2D eigenvalue weighted by molar-refractivity contribution is 9.10. The Hall–Kier alpha value is -1.50. The number of hydrogen-bond donors (Lipinski definition) is 0. The number of aromatic nitrogens is 1. The molecule has 0 saturated carbocycles. The van der Waals surface area contributed by atoms with Gasteiger partial charge in [-0.2, -0.15) is 0 Å². The Morgan fingerprint density at radius 1 is 1.71 bits per heavy atom. The second-order valence-corrected chi connectivity index (χ2v) is 3.09. The zero-order valence-corrected chi connectivity index (χ0v) is 8.65. The van der Waals surface area contributed by atoms with E-state index in [1.807, 2.05) is 0 Å². The van der Waals surface area contributed by atoms with Crippen LogP contribution >= 0.6 is 15.9 Å². The number of nitrogens with zero attached hydrogens (tertiary/aromatic N) is 2. The Balaban J connectivity index is 3.35. The topological polar surface area (TPSA) is 82.3 Å². The number of rotatable bonds is 2. The average Bonchev–Trinajstić information content (AvgIpc) is 2.15. The fourth-order valence-electron chi connectivity index (χ4n) is 0.850. The van der Waals surface area contributed by atoms with Crippen LogP contribution in [0.15, 0.2) is 16.7 Å². The van der Waals surface area contributed by atoms with Gasteiger partial charge in [0.2, 0.25) is 5.69 Å². The van der Waals surface area contributed by atoms with Crippen LogP contribution in [0.4, 0.5) is 5.69 Å².